The second-order valence-electron chi connectivity index (χ2n) is 4.66. The van der Waals surface area contributed by atoms with Crippen LogP contribution in [0, 0.1) is 12.8 Å². The van der Waals surface area contributed by atoms with Crippen molar-refractivity contribution in [1.29, 1.82) is 0 Å². The Morgan fingerprint density at radius 3 is 2.67 bits per heavy atom. The quantitative estimate of drug-likeness (QED) is 0.640. The van der Waals surface area contributed by atoms with Crippen LogP contribution in [0.4, 0.5) is 0 Å². The van der Waals surface area contributed by atoms with Gasteiger partial charge >= 0.3 is 0 Å². The molecule has 0 spiro atoms. The second-order valence-corrected chi connectivity index (χ2v) is 4.66. The van der Waals surface area contributed by atoms with E-state index in [4.69, 9.17) is 4.74 Å². The first-order valence-corrected chi connectivity index (χ1v) is 6.17. The Hall–Kier alpha value is -1.84. The summed E-state index contributed by atoms with van der Waals surface area (Å²) in [6.45, 7) is 3.94. The molecule has 1 N–H and O–H groups in total. The van der Waals surface area contributed by atoms with Crippen LogP contribution >= 0.6 is 0 Å². The number of carbonyl (C=O) groups excluding carboxylic acids is 1. The van der Waals surface area contributed by atoms with Crippen LogP contribution < -0.4 is 10.2 Å². The van der Waals surface area contributed by atoms with E-state index in [0.717, 1.165) is 11.3 Å². The van der Waals surface area contributed by atoms with E-state index in [1.54, 1.807) is 0 Å². The summed E-state index contributed by atoms with van der Waals surface area (Å²) in [6.07, 6.45) is 2.37. The second kappa shape index (κ2) is 5.67. The molecule has 1 aliphatic carbocycles. The number of benzene rings is 1. The lowest BCUT2D eigenvalue weighted by Gasteiger charge is -2.05. The molecule has 0 radical (unpaired) electrons. The summed E-state index contributed by atoms with van der Waals surface area (Å²) in [7, 11) is 0. The zero-order valence-corrected chi connectivity index (χ0v) is 10.8. The Labute approximate surface area is 107 Å². The van der Waals surface area contributed by atoms with Gasteiger partial charge in [0, 0.05) is 5.71 Å². The number of aryl methyl sites for hydroxylation is 1. The lowest BCUT2D eigenvalue weighted by Crippen LogP contribution is -2.25. The molecule has 0 bridgehead atoms. The van der Waals surface area contributed by atoms with Crippen molar-refractivity contribution in [2.24, 2.45) is 11.0 Å². The topological polar surface area (TPSA) is 50.7 Å². The molecule has 0 aliphatic heterocycles. The van der Waals surface area contributed by atoms with Gasteiger partial charge in [-0.1, -0.05) is 17.7 Å². The number of hydrazone groups is 1. The number of hydrogen-bond donors (Lipinski definition) is 1. The summed E-state index contributed by atoms with van der Waals surface area (Å²) >= 11 is 0. The third kappa shape index (κ3) is 3.87. The van der Waals surface area contributed by atoms with Crippen LogP contribution in [0.25, 0.3) is 0 Å². The number of ether oxygens (including phenoxy) is 1. The first kappa shape index (κ1) is 12.6. The number of rotatable bonds is 5. The average Bonchev–Trinajstić information content (AvgIpc) is 3.19. The molecule has 4 nitrogen and oxygen atoms in total. The predicted octanol–water partition coefficient (Wildman–Crippen LogP) is 2.28. The van der Waals surface area contributed by atoms with Crippen LogP contribution in [0.1, 0.15) is 25.3 Å². The SMILES string of the molecule is C/C(=N\NC(=O)COc1ccc(C)cc1)C1CC1. The van der Waals surface area contributed by atoms with E-state index in [9.17, 15) is 4.79 Å². The zero-order chi connectivity index (χ0) is 13.0. The summed E-state index contributed by atoms with van der Waals surface area (Å²) in [5, 5.41) is 4.05. The number of nitrogens with one attached hydrogen (secondary N) is 1. The maximum atomic E-state index is 11.5. The molecule has 1 saturated carbocycles. The monoisotopic (exact) mass is 246 g/mol. The molecular formula is C14H18N2O2. The van der Waals surface area contributed by atoms with Crippen molar-refractivity contribution in [2.75, 3.05) is 6.61 Å². The molecule has 18 heavy (non-hydrogen) atoms. The Bertz CT molecular complexity index is 447. The highest BCUT2D eigenvalue weighted by Gasteiger charge is 2.24. The summed E-state index contributed by atoms with van der Waals surface area (Å²) in [4.78, 5) is 11.5. The van der Waals surface area contributed by atoms with E-state index in [0.29, 0.717) is 11.7 Å². The van der Waals surface area contributed by atoms with Crippen LogP contribution in [0.3, 0.4) is 0 Å². The van der Waals surface area contributed by atoms with E-state index < -0.39 is 0 Å². The largest absolute Gasteiger partial charge is 0.484 e. The number of hydrogen-bond acceptors (Lipinski definition) is 3. The van der Waals surface area contributed by atoms with Crippen molar-refractivity contribution >= 4 is 11.6 Å². The molecule has 0 heterocycles. The Balaban J connectivity index is 1.74. The zero-order valence-electron chi connectivity index (χ0n) is 10.8. The van der Waals surface area contributed by atoms with Gasteiger partial charge in [-0.05, 0) is 44.7 Å². The summed E-state index contributed by atoms with van der Waals surface area (Å²) in [6, 6.07) is 7.59. The molecule has 1 amide bonds. The molecule has 0 atom stereocenters. The number of carbonyl (C=O) groups is 1. The molecule has 1 aromatic rings. The van der Waals surface area contributed by atoms with Crippen molar-refractivity contribution in [1.82, 2.24) is 5.43 Å². The molecule has 96 valence electrons. The van der Waals surface area contributed by atoms with Crippen LogP contribution in [0.2, 0.25) is 0 Å². The first-order valence-electron chi connectivity index (χ1n) is 6.17. The van der Waals surface area contributed by atoms with Crippen LogP contribution in [-0.4, -0.2) is 18.2 Å². The third-order valence-corrected chi connectivity index (χ3v) is 2.92. The Morgan fingerprint density at radius 2 is 2.06 bits per heavy atom. The minimum absolute atomic E-state index is 0.00942. The molecule has 0 unspecified atom stereocenters. The molecule has 1 fully saturated rings. The van der Waals surface area contributed by atoms with Crippen molar-refractivity contribution < 1.29 is 9.53 Å². The van der Waals surface area contributed by atoms with Gasteiger partial charge in [-0.15, -0.1) is 0 Å². The van der Waals surface area contributed by atoms with E-state index in [1.165, 1.54) is 12.8 Å². The van der Waals surface area contributed by atoms with Gasteiger partial charge < -0.3 is 4.74 Å². The molecule has 0 aromatic heterocycles. The first-order chi connectivity index (χ1) is 8.65. The molecule has 2 rings (SSSR count). The van der Waals surface area contributed by atoms with Gasteiger partial charge in [0.2, 0.25) is 0 Å². The van der Waals surface area contributed by atoms with Gasteiger partial charge in [-0.3, -0.25) is 4.79 Å². The fourth-order valence-electron chi connectivity index (χ4n) is 1.56. The highest BCUT2D eigenvalue weighted by molar-refractivity contribution is 5.88. The van der Waals surface area contributed by atoms with Gasteiger partial charge in [0.25, 0.3) is 5.91 Å². The van der Waals surface area contributed by atoms with Gasteiger partial charge in [-0.2, -0.15) is 5.10 Å². The standard InChI is InChI=1S/C14H18N2O2/c1-10-3-7-13(8-4-10)18-9-14(17)16-15-11(2)12-5-6-12/h3-4,7-8,12H,5-6,9H2,1-2H3,(H,16,17)/b15-11+. The lowest BCUT2D eigenvalue weighted by atomic mass is 10.2. The minimum atomic E-state index is -0.226. The number of amides is 1. The van der Waals surface area contributed by atoms with Gasteiger partial charge in [0.05, 0.1) is 0 Å². The van der Waals surface area contributed by atoms with Crippen LogP contribution in [-0.2, 0) is 4.79 Å². The van der Waals surface area contributed by atoms with Gasteiger partial charge in [0.15, 0.2) is 6.61 Å². The maximum absolute atomic E-state index is 11.5. The molecule has 1 aromatic carbocycles. The maximum Gasteiger partial charge on any atom is 0.277 e. The summed E-state index contributed by atoms with van der Waals surface area (Å²) in [5.74, 6) is 1.04. The predicted molar refractivity (Wildman–Crippen MR) is 70.6 cm³/mol. The average molecular weight is 246 g/mol. The van der Waals surface area contributed by atoms with E-state index in [2.05, 4.69) is 10.5 Å². The fraction of sp³-hybridized carbons (Fsp3) is 0.429. The molecule has 1 aliphatic rings. The molecule has 4 heteroatoms. The van der Waals surface area contributed by atoms with Crippen molar-refractivity contribution in [2.45, 2.75) is 26.7 Å². The normalized spacial score (nSPS) is 15.3. The van der Waals surface area contributed by atoms with E-state index >= 15 is 0 Å². The minimum Gasteiger partial charge on any atom is -0.484 e. The van der Waals surface area contributed by atoms with Gasteiger partial charge in [0.1, 0.15) is 5.75 Å². The molecule has 0 saturated heterocycles. The van der Waals surface area contributed by atoms with Crippen LogP contribution in [0.5, 0.6) is 5.75 Å². The van der Waals surface area contributed by atoms with Crippen molar-refractivity contribution in [3.8, 4) is 5.75 Å². The van der Waals surface area contributed by atoms with Crippen molar-refractivity contribution in [3.63, 3.8) is 0 Å². The Morgan fingerprint density at radius 1 is 1.39 bits per heavy atom. The number of nitrogens with zero attached hydrogens (tertiary/aromatic N) is 1. The third-order valence-electron chi connectivity index (χ3n) is 2.92. The van der Waals surface area contributed by atoms with E-state index in [1.807, 2.05) is 38.1 Å². The highest BCUT2D eigenvalue weighted by Crippen LogP contribution is 2.30. The fourth-order valence-corrected chi connectivity index (χ4v) is 1.56. The summed E-state index contributed by atoms with van der Waals surface area (Å²) in [5.41, 5.74) is 4.67. The van der Waals surface area contributed by atoms with E-state index in [-0.39, 0.29) is 12.5 Å². The smallest absolute Gasteiger partial charge is 0.277 e. The van der Waals surface area contributed by atoms with Gasteiger partial charge in [-0.25, -0.2) is 5.43 Å². The lowest BCUT2D eigenvalue weighted by molar-refractivity contribution is -0.123. The highest BCUT2D eigenvalue weighted by atomic mass is 16.5. The van der Waals surface area contributed by atoms with Crippen molar-refractivity contribution in [3.05, 3.63) is 29.8 Å². The summed E-state index contributed by atoms with van der Waals surface area (Å²) < 4.78 is 5.35. The molecular weight excluding hydrogens is 228 g/mol. The van der Waals surface area contributed by atoms with Crippen LogP contribution in [0.15, 0.2) is 29.4 Å². The Kier molecular flexibility index (Phi) is 3.97.